The van der Waals surface area contributed by atoms with Crippen molar-refractivity contribution in [3.63, 3.8) is 0 Å². The molecule has 0 aromatic heterocycles. The number of carbonyl (C=O) groups excluding carboxylic acids is 3. The van der Waals surface area contributed by atoms with Crippen molar-refractivity contribution in [1.82, 2.24) is 0 Å². The molecule has 0 spiro atoms. The summed E-state index contributed by atoms with van der Waals surface area (Å²) in [7, 11) is -2.32. The number of nitrogens with zero attached hydrogens (tertiary/aromatic N) is 1. The summed E-state index contributed by atoms with van der Waals surface area (Å²) >= 11 is 0. The van der Waals surface area contributed by atoms with Gasteiger partial charge in [-0.2, -0.15) is 0 Å². The molecule has 10 heteroatoms. The first-order chi connectivity index (χ1) is 14.6. The van der Waals surface area contributed by atoms with Gasteiger partial charge in [-0.3, -0.25) is 0 Å². The van der Waals surface area contributed by atoms with Gasteiger partial charge in [0, 0.05) is 11.8 Å². The molecule has 0 unspecified atom stereocenters. The number of primary amides is 1. The predicted molar refractivity (Wildman–Crippen MR) is 112 cm³/mol. The highest BCUT2D eigenvalue weighted by Gasteiger charge is 2.64. The minimum absolute atomic E-state index is 0.0170. The van der Waals surface area contributed by atoms with E-state index in [0.717, 1.165) is 6.26 Å². The topological polar surface area (TPSA) is 130 Å². The molecule has 2 aromatic carbocycles. The number of urea groups is 1. The van der Waals surface area contributed by atoms with Crippen molar-refractivity contribution in [2.75, 3.05) is 25.7 Å². The van der Waals surface area contributed by atoms with Gasteiger partial charge in [0.1, 0.15) is 5.75 Å². The van der Waals surface area contributed by atoms with Gasteiger partial charge in [-0.05, 0) is 37.3 Å². The summed E-state index contributed by atoms with van der Waals surface area (Å²) in [4.78, 5) is 39.6. The van der Waals surface area contributed by atoms with Gasteiger partial charge in [-0.15, -0.1) is 4.48 Å². The second-order valence-electron chi connectivity index (χ2n) is 7.17. The summed E-state index contributed by atoms with van der Waals surface area (Å²) in [6.45, 7) is 2.04. The van der Waals surface area contributed by atoms with Crippen LogP contribution in [0.15, 0.2) is 42.5 Å². The number of methoxy groups -OCH3 is 1. The summed E-state index contributed by atoms with van der Waals surface area (Å²) in [5.74, 6) is -1.75. The minimum Gasteiger partial charge on any atom is -0.493 e. The first-order valence-corrected chi connectivity index (χ1v) is 11.5. The molecular formula is C21H23N2O7S+. The van der Waals surface area contributed by atoms with Crippen molar-refractivity contribution < 1.29 is 36.8 Å². The third kappa shape index (κ3) is 3.68. The number of benzene rings is 2. The van der Waals surface area contributed by atoms with Gasteiger partial charge in [0.05, 0.1) is 24.8 Å². The normalized spacial score (nSPS) is 16.0. The Labute approximate surface area is 179 Å². The van der Waals surface area contributed by atoms with Crippen molar-refractivity contribution in [3.8, 4) is 11.5 Å². The maximum absolute atomic E-state index is 13.4. The Morgan fingerprint density at radius 1 is 1.06 bits per heavy atom. The number of hydrogen-bond acceptors (Lipinski definition) is 7. The van der Waals surface area contributed by atoms with Gasteiger partial charge in [0.15, 0.2) is 27.4 Å². The van der Waals surface area contributed by atoms with E-state index in [1.54, 1.807) is 19.1 Å². The molecule has 9 nitrogen and oxygen atoms in total. The second-order valence-corrected chi connectivity index (χ2v) is 9.35. The molecule has 0 saturated carbocycles. The van der Waals surface area contributed by atoms with E-state index in [1.165, 1.54) is 37.4 Å². The number of nitrogens with two attached hydrogens (primary N) is 1. The minimum atomic E-state index is -3.76. The van der Waals surface area contributed by atoms with E-state index in [1.807, 2.05) is 0 Å². The van der Waals surface area contributed by atoms with Crippen LogP contribution in [0.25, 0.3) is 0 Å². The largest absolute Gasteiger partial charge is 0.493 e. The molecule has 1 aliphatic rings. The molecule has 2 aromatic rings. The van der Waals surface area contributed by atoms with E-state index in [-0.39, 0.29) is 29.0 Å². The molecule has 1 heterocycles. The van der Waals surface area contributed by atoms with Crippen molar-refractivity contribution in [2.24, 2.45) is 5.73 Å². The summed E-state index contributed by atoms with van der Waals surface area (Å²) < 4.78 is 34.0. The van der Waals surface area contributed by atoms with Crippen molar-refractivity contribution in [3.05, 3.63) is 59.2 Å². The molecule has 4 amide bonds. The number of amides is 4. The van der Waals surface area contributed by atoms with Crippen molar-refractivity contribution >= 4 is 27.7 Å². The number of carbonyl (C=O) groups is 3. The molecule has 0 bridgehead atoms. The first kappa shape index (κ1) is 22.4. The van der Waals surface area contributed by atoms with E-state index in [9.17, 15) is 22.8 Å². The van der Waals surface area contributed by atoms with E-state index < -0.39 is 44.0 Å². The molecule has 1 aliphatic heterocycles. The second kappa shape index (κ2) is 8.12. The van der Waals surface area contributed by atoms with Crippen LogP contribution in [0.2, 0.25) is 0 Å². The first-order valence-electron chi connectivity index (χ1n) is 9.43. The zero-order valence-electron chi connectivity index (χ0n) is 17.3. The summed E-state index contributed by atoms with van der Waals surface area (Å²) in [5, 5.41) is 0. The molecule has 0 aliphatic carbocycles. The number of hydrogen-bond donors (Lipinski definition) is 1. The predicted octanol–water partition coefficient (Wildman–Crippen LogP) is 2.07. The average Bonchev–Trinajstić information content (AvgIpc) is 2.94. The van der Waals surface area contributed by atoms with Gasteiger partial charge >= 0.3 is 17.8 Å². The van der Waals surface area contributed by atoms with Crippen LogP contribution in [0.4, 0.5) is 4.79 Å². The smallest absolute Gasteiger partial charge is 0.430 e. The molecule has 31 heavy (non-hydrogen) atoms. The molecule has 2 N–H and O–H groups in total. The van der Waals surface area contributed by atoms with Crippen LogP contribution in [0.3, 0.4) is 0 Å². The monoisotopic (exact) mass is 447 g/mol. The standard InChI is InChI=1S/C21H22N2O7S/c1-4-30-18-11-13(9-10-17(18)29-2)16(12-31(3,27)28)23(21(22)26)19(24)14-7-5-6-8-15(14)20(23)25/h5-11,16H,4,12H2,1-3H3,(H-,22,26)/p+1/t16-/m1/s1. The van der Waals surface area contributed by atoms with Crippen LogP contribution < -0.4 is 15.2 Å². The molecule has 1 atom stereocenters. The fourth-order valence-electron chi connectivity index (χ4n) is 3.85. The molecule has 3 rings (SSSR count). The van der Waals surface area contributed by atoms with E-state index in [0.29, 0.717) is 5.75 Å². The highest BCUT2D eigenvalue weighted by molar-refractivity contribution is 7.90. The van der Waals surface area contributed by atoms with Gasteiger partial charge in [-0.25, -0.2) is 22.8 Å². The molecule has 0 fully saturated rings. The number of ether oxygens (including phenoxy) is 2. The maximum atomic E-state index is 13.4. The zero-order chi connectivity index (χ0) is 23.0. The van der Waals surface area contributed by atoms with Crippen LogP contribution >= 0.6 is 0 Å². The lowest BCUT2D eigenvalue weighted by atomic mass is 10.0. The number of quaternary nitrogens is 1. The quantitative estimate of drug-likeness (QED) is 0.508. The van der Waals surface area contributed by atoms with Crippen LogP contribution in [-0.4, -0.2) is 56.5 Å². The van der Waals surface area contributed by atoms with Crippen molar-refractivity contribution in [1.29, 1.82) is 0 Å². The number of imide groups is 3. The summed E-state index contributed by atoms with van der Waals surface area (Å²) in [6, 6.07) is 7.73. The third-order valence-corrected chi connectivity index (χ3v) is 6.10. The molecule has 0 saturated heterocycles. The Hall–Kier alpha value is -3.24. The van der Waals surface area contributed by atoms with Gasteiger partial charge in [-0.1, -0.05) is 12.1 Å². The lowest BCUT2D eigenvalue weighted by Gasteiger charge is -2.32. The van der Waals surface area contributed by atoms with E-state index in [2.05, 4.69) is 0 Å². The van der Waals surface area contributed by atoms with E-state index in [4.69, 9.17) is 15.2 Å². The van der Waals surface area contributed by atoms with Gasteiger partial charge in [0.2, 0.25) is 0 Å². The zero-order valence-corrected chi connectivity index (χ0v) is 18.1. The Morgan fingerprint density at radius 3 is 2.10 bits per heavy atom. The number of sulfone groups is 1. The maximum Gasteiger partial charge on any atom is 0.430 e. The Bertz CT molecular complexity index is 1140. The van der Waals surface area contributed by atoms with E-state index >= 15 is 0 Å². The Morgan fingerprint density at radius 2 is 1.65 bits per heavy atom. The van der Waals surface area contributed by atoms with Crippen LogP contribution in [0.5, 0.6) is 11.5 Å². The summed E-state index contributed by atoms with van der Waals surface area (Å²) in [5.41, 5.74) is 5.90. The highest BCUT2D eigenvalue weighted by atomic mass is 32.2. The Balaban J connectivity index is 2.30. The lowest BCUT2D eigenvalue weighted by molar-refractivity contribution is -0.709. The fourth-order valence-corrected chi connectivity index (χ4v) is 4.84. The van der Waals surface area contributed by atoms with Gasteiger partial charge in [0.25, 0.3) is 0 Å². The molecule has 164 valence electrons. The van der Waals surface area contributed by atoms with Crippen molar-refractivity contribution in [2.45, 2.75) is 13.0 Å². The SMILES string of the molecule is CCOc1cc([C@@H](CS(C)(=O)=O)[N+]2(C(N)=O)C(=O)c3ccccc3C2=O)ccc1OC. The third-order valence-electron chi connectivity index (χ3n) is 5.18. The number of fused-ring (bicyclic) bond motifs is 1. The fraction of sp³-hybridized carbons (Fsp3) is 0.286. The van der Waals surface area contributed by atoms with Crippen LogP contribution in [-0.2, 0) is 9.84 Å². The van der Waals surface area contributed by atoms with Crippen LogP contribution in [0, 0.1) is 0 Å². The summed E-state index contributed by atoms with van der Waals surface area (Å²) in [6.07, 6.45) is 0.961. The average molecular weight is 447 g/mol. The number of rotatable bonds is 7. The Kier molecular flexibility index (Phi) is 5.88. The van der Waals surface area contributed by atoms with Crippen LogP contribution in [0.1, 0.15) is 39.2 Å². The highest BCUT2D eigenvalue weighted by Crippen LogP contribution is 2.42. The molecular weight excluding hydrogens is 424 g/mol. The lowest BCUT2D eigenvalue weighted by Crippen LogP contribution is -2.62. The van der Waals surface area contributed by atoms with Gasteiger partial charge < -0.3 is 15.2 Å². The molecule has 0 radical (unpaired) electrons.